The van der Waals surface area contributed by atoms with E-state index in [1.807, 2.05) is 25.6 Å². The zero-order chi connectivity index (χ0) is 11.9. The molecule has 0 amide bonds. The van der Waals surface area contributed by atoms with E-state index in [0.29, 0.717) is 5.84 Å². The van der Waals surface area contributed by atoms with Crippen molar-refractivity contribution in [3.05, 3.63) is 0 Å². The maximum atomic E-state index is 8.61. The van der Waals surface area contributed by atoms with Gasteiger partial charge in [0.1, 0.15) is 5.84 Å². The summed E-state index contributed by atoms with van der Waals surface area (Å²) in [7, 11) is 0. The van der Waals surface area contributed by atoms with Gasteiger partial charge in [0.15, 0.2) is 0 Å². The summed E-state index contributed by atoms with van der Waals surface area (Å²) in [5.74, 6) is 1.48. The molecule has 1 unspecified atom stereocenters. The van der Waals surface area contributed by atoms with Crippen LogP contribution >= 0.6 is 11.8 Å². The van der Waals surface area contributed by atoms with Crippen LogP contribution < -0.4 is 5.73 Å². The molecule has 1 atom stereocenters. The fraction of sp³-hybridized carbons (Fsp3) is 0.909. The predicted molar refractivity (Wildman–Crippen MR) is 68.6 cm³/mol. The highest BCUT2D eigenvalue weighted by molar-refractivity contribution is 7.99. The van der Waals surface area contributed by atoms with Crippen molar-refractivity contribution in [1.82, 2.24) is 0 Å². The standard InChI is InChI=1S/C11H24N2OS/c1-5-9(2)15-8-6-7-11(3,4)10(12)13-14/h9,14H,5-8H2,1-4H3,(H2,12,13). The lowest BCUT2D eigenvalue weighted by molar-refractivity contribution is 0.305. The Kier molecular flexibility index (Phi) is 6.81. The smallest absolute Gasteiger partial charge is 0.144 e. The number of oxime groups is 1. The van der Waals surface area contributed by atoms with Crippen molar-refractivity contribution in [2.75, 3.05) is 5.75 Å². The van der Waals surface area contributed by atoms with Gasteiger partial charge in [0, 0.05) is 10.7 Å². The third kappa shape index (κ3) is 5.92. The van der Waals surface area contributed by atoms with E-state index < -0.39 is 0 Å². The lowest BCUT2D eigenvalue weighted by Gasteiger charge is -2.22. The van der Waals surface area contributed by atoms with E-state index in [9.17, 15) is 0 Å². The molecule has 0 fully saturated rings. The topological polar surface area (TPSA) is 58.6 Å². The van der Waals surface area contributed by atoms with Gasteiger partial charge in [-0.15, -0.1) is 0 Å². The molecule has 0 spiro atoms. The van der Waals surface area contributed by atoms with E-state index >= 15 is 0 Å². The van der Waals surface area contributed by atoms with Crippen LogP contribution in [0.25, 0.3) is 0 Å². The zero-order valence-electron chi connectivity index (χ0n) is 10.3. The first-order chi connectivity index (χ1) is 6.94. The van der Waals surface area contributed by atoms with E-state index in [-0.39, 0.29) is 5.41 Å². The lowest BCUT2D eigenvalue weighted by Crippen LogP contribution is -2.31. The first-order valence-corrected chi connectivity index (χ1v) is 6.58. The average Bonchev–Trinajstić information content (AvgIpc) is 2.22. The first kappa shape index (κ1) is 14.6. The Hall–Kier alpha value is -0.380. The van der Waals surface area contributed by atoms with Gasteiger partial charge in [-0.05, 0) is 25.0 Å². The summed E-state index contributed by atoms with van der Waals surface area (Å²) in [6.45, 7) is 8.48. The number of nitrogens with two attached hydrogens (primary N) is 1. The Labute approximate surface area is 97.5 Å². The van der Waals surface area contributed by atoms with E-state index in [4.69, 9.17) is 10.9 Å². The molecular formula is C11H24N2OS. The molecule has 0 saturated heterocycles. The molecule has 0 aliphatic heterocycles. The van der Waals surface area contributed by atoms with Crippen LogP contribution in [0.1, 0.15) is 47.0 Å². The molecule has 90 valence electrons. The molecule has 4 heteroatoms. The van der Waals surface area contributed by atoms with Crippen molar-refractivity contribution in [3.63, 3.8) is 0 Å². The lowest BCUT2D eigenvalue weighted by atomic mass is 9.87. The Morgan fingerprint density at radius 1 is 1.53 bits per heavy atom. The number of hydrogen-bond donors (Lipinski definition) is 2. The third-order valence-corrected chi connectivity index (χ3v) is 4.15. The second kappa shape index (κ2) is 6.99. The second-order valence-corrected chi connectivity index (χ2v) is 6.11. The van der Waals surface area contributed by atoms with Crippen LogP contribution in [0.4, 0.5) is 0 Å². The summed E-state index contributed by atoms with van der Waals surface area (Å²) >= 11 is 1.99. The van der Waals surface area contributed by atoms with Crippen molar-refractivity contribution in [1.29, 1.82) is 0 Å². The Morgan fingerprint density at radius 3 is 2.60 bits per heavy atom. The van der Waals surface area contributed by atoms with Gasteiger partial charge in [-0.1, -0.05) is 32.9 Å². The molecule has 0 bridgehead atoms. The molecule has 3 nitrogen and oxygen atoms in total. The maximum absolute atomic E-state index is 8.61. The molecule has 0 rings (SSSR count). The molecule has 3 N–H and O–H groups in total. The summed E-state index contributed by atoms with van der Waals surface area (Å²) in [5.41, 5.74) is 5.42. The van der Waals surface area contributed by atoms with Crippen LogP contribution in [-0.4, -0.2) is 22.0 Å². The summed E-state index contributed by atoms with van der Waals surface area (Å²) < 4.78 is 0. The van der Waals surface area contributed by atoms with Gasteiger partial charge < -0.3 is 10.9 Å². The van der Waals surface area contributed by atoms with E-state index in [0.717, 1.165) is 23.8 Å². The van der Waals surface area contributed by atoms with Gasteiger partial charge in [-0.25, -0.2) is 0 Å². The van der Waals surface area contributed by atoms with Crippen molar-refractivity contribution in [2.45, 2.75) is 52.2 Å². The second-order valence-electron chi connectivity index (χ2n) is 4.56. The monoisotopic (exact) mass is 232 g/mol. The van der Waals surface area contributed by atoms with Crippen molar-refractivity contribution < 1.29 is 5.21 Å². The first-order valence-electron chi connectivity index (χ1n) is 5.53. The molecule has 0 aromatic rings. The fourth-order valence-electron chi connectivity index (χ4n) is 1.18. The molecular weight excluding hydrogens is 208 g/mol. The predicted octanol–water partition coefficient (Wildman–Crippen LogP) is 3.07. The quantitative estimate of drug-likeness (QED) is 0.233. The molecule has 0 aliphatic rings. The van der Waals surface area contributed by atoms with E-state index in [1.165, 1.54) is 6.42 Å². The molecule has 0 aromatic heterocycles. The van der Waals surface area contributed by atoms with Crippen LogP contribution in [0.15, 0.2) is 5.16 Å². The van der Waals surface area contributed by atoms with Crippen molar-refractivity contribution >= 4 is 17.6 Å². The normalized spacial score (nSPS) is 15.3. The van der Waals surface area contributed by atoms with Gasteiger partial charge in [-0.3, -0.25) is 0 Å². The third-order valence-electron chi connectivity index (χ3n) is 2.72. The maximum Gasteiger partial charge on any atom is 0.144 e. The minimum Gasteiger partial charge on any atom is -0.409 e. The number of rotatable bonds is 7. The number of thioether (sulfide) groups is 1. The minimum absolute atomic E-state index is 0.190. The Morgan fingerprint density at radius 2 is 2.13 bits per heavy atom. The minimum atomic E-state index is -0.190. The van der Waals surface area contributed by atoms with Crippen LogP contribution in [0.2, 0.25) is 0 Å². The fourth-order valence-corrected chi connectivity index (χ4v) is 2.13. The van der Waals surface area contributed by atoms with Crippen LogP contribution in [-0.2, 0) is 0 Å². The van der Waals surface area contributed by atoms with Crippen LogP contribution in [0.5, 0.6) is 0 Å². The Bertz CT molecular complexity index is 205. The summed E-state index contributed by atoms with van der Waals surface area (Å²) in [6.07, 6.45) is 3.29. The van der Waals surface area contributed by atoms with Gasteiger partial charge in [0.2, 0.25) is 0 Å². The number of nitrogens with zero attached hydrogens (tertiary/aromatic N) is 1. The number of amidine groups is 1. The van der Waals surface area contributed by atoms with Crippen LogP contribution in [0, 0.1) is 5.41 Å². The van der Waals surface area contributed by atoms with Crippen molar-refractivity contribution in [3.8, 4) is 0 Å². The Balaban J connectivity index is 3.76. The van der Waals surface area contributed by atoms with Gasteiger partial charge in [0.25, 0.3) is 0 Å². The summed E-state index contributed by atoms with van der Waals surface area (Å²) in [5, 5.41) is 12.4. The van der Waals surface area contributed by atoms with Gasteiger partial charge >= 0.3 is 0 Å². The van der Waals surface area contributed by atoms with Gasteiger partial charge in [0.05, 0.1) is 0 Å². The highest BCUT2D eigenvalue weighted by Gasteiger charge is 2.22. The molecule has 0 saturated carbocycles. The molecule has 15 heavy (non-hydrogen) atoms. The molecule has 0 aromatic carbocycles. The summed E-state index contributed by atoms with van der Waals surface area (Å²) in [4.78, 5) is 0. The molecule has 0 aliphatic carbocycles. The molecule has 0 heterocycles. The van der Waals surface area contributed by atoms with E-state index in [1.54, 1.807) is 0 Å². The number of hydrogen-bond acceptors (Lipinski definition) is 3. The summed E-state index contributed by atoms with van der Waals surface area (Å²) in [6, 6.07) is 0. The largest absolute Gasteiger partial charge is 0.409 e. The van der Waals surface area contributed by atoms with Crippen molar-refractivity contribution in [2.24, 2.45) is 16.3 Å². The van der Waals surface area contributed by atoms with Gasteiger partial charge in [-0.2, -0.15) is 11.8 Å². The highest BCUT2D eigenvalue weighted by Crippen LogP contribution is 2.24. The molecule has 0 radical (unpaired) electrons. The zero-order valence-corrected chi connectivity index (χ0v) is 11.1. The van der Waals surface area contributed by atoms with Crippen LogP contribution in [0.3, 0.4) is 0 Å². The SMILES string of the molecule is CCC(C)SCCCC(C)(C)C(N)=NO. The average molecular weight is 232 g/mol. The van der Waals surface area contributed by atoms with E-state index in [2.05, 4.69) is 19.0 Å². The highest BCUT2D eigenvalue weighted by atomic mass is 32.2.